The third kappa shape index (κ3) is 5.12. The highest BCUT2D eigenvalue weighted by atomic mass is 32.2. The van der Waals surface area contributed by atoms with Crippen LogP contribution in [-0.2, 0) is 0 Å². The summed E-state index contributed by atoms with van der Waals surface area (Å²) in [4.78, 5) is 2.50. The monoisotopic (exact) mass is 294 g/mol. The minimum Gasteiger partial charge on any atom is -0.329 e. The lowest BCUT2D eigenvalue weighted by atomic mass is 9.93. The van der Waals surface area contributed by atoms with E-state index in [0.717, 1.165) is 13.0 Å². The Morgan fingerprint density at radius 2 is 1.85 bits per heavy atom. The molecule has 3 unspecified atom stereocenters. The molecule has 1 rings (SSSR count). The van der Waals surface area contributed by atoms with Gasteiger partial charge in [-0.15, -0.1) is 0 Å². The summed E-state index contributed by atoms with van der Waals surface area (Å²) >= 11 is 1.92. The first-order chi connectivity index (χ1) is 9.63. The van der Waals surface area contributed by atoms with Crippen LogP contribution in [0.15, 0.2) is 30.3 Å². The average Bonchev–Trinajstić information content (AvgIpc) is 2.50. The number of benzene rings is 1. The number of hydrogen-bond acceptors (Lipinski definition) is 3. The Morgan fingerprint density at radius 1 is 1.20 bits per heavy atom. The van der Waals surface area contributed by atoms with Crippen LogP contribution in [0.2, 0.25) is 0 Å². The quantitative estimate of drug-likeness (QED) is 0.755. The number of nitrogens with two attached hydrogens (primary N) is 1. The third-order valence-corrected chi connectivity index (χ3v) is 4.97. The maximum Gasteiger partial charge on any atom is 0.0224 e. The highest BCUT2D eigenvalue weighted by molar-refractivity contribution is 7.98. The van der Waals surface area contributed by atoms with E-state index in [4.69, 9.17) is 5.73 Å². The number of thioether (sulfide) groups is 1. The maximum absolute atomic E-state index is 6.04. The second kappa shape index (κ2) is 9.43. The normalized spacial score (nSPS) is 16.1. The fraction of sp³-hybridized carbons (Fsp3) is 0.647. The molecule has 1 aromatic rings. The molecule has 1 aromatic carbocycles. The molecule has 0 aromatic heterocycles. The van der Waals surface area contributed by atoms with Crippen LogP contribution in [-0.4, -0.2) is 42.6 Å². The Kier molecular flexibility index (Phi) is 8.27. The minimum atomic E-state index is 0.460. The Morgan fingerprint density at radius 3 is 2.35 bits per heavy atom. The van der Waals surface area contributed by atoms with Crippen molar-refractivity contribution in [2.75, 3.05) is 25.6 Å². The van der Waals surface area contributed by atoms with Gasteiger partial charge in [-0.1, -0.05) is 44.2 Å². The van der Waals surface area contributed by atoms with E-state index in [9.17, 15) is 0 Å². The topological polar surface area (TPSA) is 29.3 Å². The zero-order chi connectivity index (χ0) is 15.0. The van der Waals surface area contributed by atoms with Crippen LogP contribution in [0.4, 0.5) is 0 Å². The zero-order valence-electron chi connectivity index (χ0n) is 13.4. The van der Waals surface area contributed by atoms with Gasteiger partial charge in [0.2, 0.25) is 0 Å². The average molecular weight is 295 g/mol. The van der Waals surface area contributed by atoms with E-state index in [1.807, 2.05) is 11.8 Å². The number of rotatable bonds is 9. The summed E-state index contributed by atoms with van der Waals surface area (Å²) in [7, 11) is 2.24. The van der Waals surface area contributed by atoms with Gasteiger partial charge in [0.05, 0.1) is 0 Å². The molecule has 0 aliphatic rings. The lowest BCUT2D eigenvalue weighted by Gasteiger charge is -2.35. The Hall–Kier alpha value is -0.510. The standard InChI is InChI=1S/C17H30N2S/c1-5-16(13-20-4)19(3)17(12-18)11-14(2)15-9-7-6-8-10-15/h6-10,14,16-17H,5,11-13,18H2,1-4H3. The molecule has 0 radical (unpaired) electrons. The fourth-order valence-corrected chi connectivity index (χ4v) is 3.62. The van der Waals surface area contributed by atoms with Crippen LogP contribution >= 0.6 is 11.8 Å². The summed E-state index contributed by atoms with van der Waals surface area (Å²) in [6, 6.07) is 11.8. The Labute approximate surface area is 129 Å². The van der Waals surface area contributed by atoms with Gasteiger partial charge in [0.1, 0.15) is 0 Å². The molecule has 0 bridgehead atoms. The van der Waals surface area contributed by atoms with Crippen LogP contribution in [0.1, 0.15) is 38.2 Å². The van der Waals surface area contributed by atoms with Gasteiger partial charge < -0.3 is 5.73 Å². The molecular weight excluding hydrogens is 264 g/mol. The molecule has 0 aliphatic heterocycles. The zero-order valence-corrected chi connectivity index (χ0v) is 14.2. The maximum atomic E-state index is 6.04. The molecular formula is C17H30N2S. The van der Waals surface area contributed by atoms with Crippen molar-refractivity contribution < 1.29 is 0 Å². The van der Waals surface area contributed by atoms with E-state index in [2.05, 4.69) is 62.4 Å². The predicted octanol–water partition coefficient (Wildman–Crippen LogP) is 3.58. The van der Waals surface area contributed by atoms with Crippen LogP contribution in [0.5, 0.6) is 0 Å². The highest BCUT2D eigenvalue weighted by Crippen LogP contribution is 2.23. The first kappa shape index (κ1) is 17.5. The summed E-state index contributed by atoms with van der Waals surface area (Å²) in [5.41, 5.74) is 7.45. The predicted molar refractivity (Wildman–Crippen MR) is 92.5 cm³/mol. The van der Waals surface area contributed by atoms with Crippen molar-refractivity contribution >= 4 is 11.8 Å². The first-order valence-electron chi connectivity index (χ1n) is 7.59. The van der Waals surface area contributed by atoms with Gasteiger partial charge in [-0.25, -0.2) is 0 Å². The molecule has 2 nitrogen and oxygen atoms in total. The minimum absolute atomic E-state index is 0.460. The summed E-state index contributed by atoms with van der Waals surface area (Å²) in [6.07, 6.45) is 4.50. The van der Waals surface area contributed by atoms with Crippen molar-refractivity contribution in [1.29, 1.82) is 0 Å². The van der Waals surface area contributed by atoms with Gasteiger partial charge in [0.15, 0.2) is 0 Å². The van der Waals surface area contributed by atoms with Gasteiger partial charge in [-0.05, 0) is 37.6 Å². The second-order valence-electron chi connectivity index (χ2n) is 5.62. The molecule has 20 heavy (non-hydrogen) atoms. The van der Waals surface area contributed by atoms with Crippen molar-refractivity contribution in [3.05, 3.63) is 35.9 Å². The summed E-state index contributed by atoms with van der Waals surface area (Å²) in [5.74, 6) is 1.74. The first-order valence-corrected chi connectivity index (χ1v) is 8.99. The molecule has 0 saturated heterocycles. The molecule has 0 spiro atoms. The fourth-order valence-electron chi connectivity index (χ4n) is 2.77. The largest absolute Gasteiger partial charge is 0.329 e. The van der Waals surface area contributed by atoms with Crippen LogP contribution in [0.25, 0.3) is 0 Å². The third-order valence-electron chi connectivity index (χ3n) is 4.25. The Bertz CT molecular complexity index is 355. The smallest absolute Gasteiger partial charge is 0.0224 e. The SMILES string of the molecule is CCC(CSC)N(C)C(CN)CC(C)c1ccccc1. The van der Waals surface area contributed by atoms with Gasteiger partial charge >= 0.3 is 0 Å². The van der Waals surface area contributed by atoms with Crippen molar-refractivity contribution in [1.82, 2.24) is 4.90 Å². The summed E-state index contributed by atoms with van der Waals surface area (Å²) in [6.45, 7) is 5.31. The van der Waals surface area contributed by atoms with Crippen molar-refractivity contribution in [3.63, 3.8) is 0 Å². The summed E-state index contributed by atoms with van der Waals surface area (Å²) < 4.78 is 0. The molecule has 2 N–H and O–H groups in total. The molecule has 3 heteroatoms. The lowest BCUT2D eigenvalue weighted by molar-refractivity contribution is 0.172. The lowest BCUT2D eigenvalue weighted by Crippen LogP contribution is -2.45. The van der Waals surface area contributed by atoms with Crippen LogP contribution in [0.3, 0.4) is 0 Å². The number of likely N-dealkylation sites (N-methyl/N-ethyl adjacent to an activating group) is 1. The number of hydrogen-bond donors (Lipinski definition) is 1. The highest BCUT2D eigenvalue weighted by Gasteiger charge is 2.22. The van der Waals surface area contributed by atoms with Gasteiger partial charge in [-0.2, -0.15) is 11.8 Å². The van der Waals surface area contributed by atoms with E-state index in [-0.39, 0.29) is 0 Å². The Balaban J connectivity index is 2.66. The summed E-state index contributed by atoms with van der Waals surface area (Å²) in [5, 5.41) is 0. The van der Waals surface area contributed by atoms with E-state index in [0.29, 0.717) is 18.0 Å². The molecule has 114 valence electrons. The van der Waals surface area contributed by atoms with E-state index in [1.54, 1.807) is 0 Å². The van der Waals surface area contributed by atoms with Crippen molar-refractivity contribution in [2.24, 2.45) is 5.73 Å². The van der Waals surface area contributed by atoms with E-state index in [1.165, 1.54) is 17.7 Å². The van der Waals surface area contributed by atoms with Gasteiger partial charge in [0.25, 0.3) is 0 Å². The molecule has 0 fully saturated rings. The number of nitrogens with zero attached hydrogens (tertiary/aromatic N) is 1. The molecule has 0 saturated carbocycles. The van der Waals surface area contributed by atoms with Crippen molar-refractivity contribution in [2.45, 2.75) is 44.7 Å². The molecule has 3 atom stereocenters. The van der Waals surface area contributed by atoms with Crippen LogP contribution in [0, 0.1) is 0 Å². The van der Waals surface area contributed by atoms with E-state index < -0.39 is 0 Å². The molecule has 0 amide bonds. The van der Waals surface area contributed by atoms with Crippen molar-refractivity contribution in [3.8, 4) is 0 Å². The molecule has 0 heterocycles. The molecule has 0 aliphatic carbocycles. The second-order valence-corrected chi connectivity index (χ2v) is 6.53. The van der Waals surface area contributed by atoms with Gasteiger partial charge in [-0.3, -0.25) is 4.90 Å². The van der Waals surface area contributed by atoms with Crippen LogP contribution < -0.4 is 5.73 Å². The van der Waals surface area contributed by atoms with E-state index >= 15 is 0 Å². The van der Waals surface area contributed by atoms with Gasteiger partial charge in [0, 0.05) is 24.4 Å².